The molecule has 0 saturated carbocycles. The zero-order valence-electron chi connectivity index (χ0n) is 12.6. The number of ether oxygens (including phenoxy) is 1. The van der Waals surface area contributed by atoms with Gasteiger partial charge < -0.3 is 10.1 Å². The van der Waals surface area contributed by atoms with Crippen LogP contribution in [0.3, 0.4) is 0 Å². The monoisotopic (exact) mass is 303 g/mol. The number of benzene rings is 1. The van der Waals surface area contributed by atoms with Crippen LogP contribution in [0.2, 0.25) is 0 Å². The molecular formula is C15H17N3O4. The molecule has 22 heavy (non-hydrogen) atoms. The van der Waals surface area contributed by atoms with Crippen LogP contribution in [0, 0.1) is 0 Å². The Kier molecular flexibility index (Phi) is 4.45. The molecule has 1 unspecified atom stereocenters. The molecule has 1 amide bonds. The zero-order chi connectivity index (χ0) is 16.3. The lowest BCUT2D eigenvalue weighted by Gasteiger charge is -2.16. The summed E-state index contributed by atoms with van der Waals surface area (Å²) in [5.74, 6) is 0.233. The number of aromatic nitrogens is 2. The first-order valence-electron chi connectivity index (χ1n) is 6.70. The summed E-state index contributed by atoms with van der Waals surface area (Å²) in [5, 5.41) is 2.52. The van der Waals surface area contributed by atoms with Crippen LogP contribution in [0.4, 0.5) is 5.82 Å². The maximum absolute atomic E-state index is 12.1. The van der Waals surface area contributed by atoms with Crippen molar-refractivity contribution in [1.29, 1.82) is 0 Å². The Morgan fingerprint density at radius 3 is 2.41 bits per heavy atom. The summed E-state index contributed by atoms with van der Waals surface area (Å²) < 4.78 is 7.64. The highest BCUT2D eigenvalue weighted by Crippen LogP contribution is 2.11. The van der Waals surface area contributed by atoms with Gasteiger partial charge in [0.15, 0.2) is 6.10 Å². The van der Waals surface area contributed by atoms with Gasteiger partial charge in [-0.1, -0.05) is 18.2 Å². The minimum absolute atomic E-state index is 0.126. The molecule has 0 bridgehead atoms. The largest absolute Gasteiger partial charge is 0.481 e. The molecule has 116 valence electrons. The Labute approximate surface area is 126 Å². The molecular weight excluding hydrogens is 286 g/mol. The van der Waals surface area contributed by atoms with E-state index in [1.54, 1.807) is 31.2 Å². The van der Waals surface area contributed by atoms with Crippen LogP contribution in [-0.4, -0.2) is 21.1 Å². The first kappa shape index (κ1) is 15.6. The second-order valence-electron chi connectivity index (χ2n) is 4.83. The number of amides is 1. The normalized spacial score (nSPS) is 11.8. The standard InChI is InChI=1S/C15H17N3O4/c1-10(22-11-7-5-4-6-8-11)14(20)16-12-9-13(19)18(3)15(21)17(12)2/h4-10H,1-3H3,(H,16,20). The maximum atomic E-state index is 12.1. The summed E-state index contributed by atoms with van der Waals surface area (Å²) in [6.07, 6.45) is -0.776. The van der Waals surface area contributed by atoms with Crippen LogP contribution in [0.15, 0.2) is 46.0 Å². The predicted molar refractivity (Wildman–Crippen MR) is 82.1 cm³/mol. The van der Waals surface area contributed by atoms with Gasteiger partial charge in [0.25, 0.3) is 11.5 Å². The molecule has 1 aromatic heterocycles. The quantitative estimate of drug-likeness (QED) is 0.891. The van der Waals surface area contributed by atoms with E-state index in [4.69, 9.17) is 4.74 Å². The van der Waals surface area contributed by atoms with Gasteiger partial charge in [-0.2, -0.15) is 0 Å². The molecule has 2 aromatic rings. The maximum Gasteiger partial charge on any atom is 0.332 e. The number of hydrogen-bond donors (Lipinski definition) is 1. The number of para-hydroxylation sites is 1. The molecule has 0 aliphatic heterocycles. The topological polar surface area (TPSA) is 82.3 Å². The van der Waals surface area contributed by atoms with Crippen molar-refractivity contribution in [2.45, 2.75) is 13.0 Å². The van der Waals surface area contributed by atoms with E-state index in [2.05, 4.69) is 5.32 Å². The average molecular weight is 303 g/mol. The third kappa shape index (κ3) is 3.25. The zero-order valence-corrected chi connectivity index (χ0v) is 12.6. The lowest BCUT2D eigenvalue weighted by atomic mass is 10.3. The molecule has 2 rings (SSSR count). The molecule has 7 nitrogen and oxygen atoms in total. The minimum atomic E-state index is -0.776. The van der Waals surface area contributed by atoms with Crippen molar-refractivity contribution >= 4 is 11.7 Å². The average Bonchev–Trinajstić information content (AvgIpc) is 2.51. The van der Waals surface area contributed by atoms with Crippen LogP contribution in [0.5, 0.6) is 5.75 Å². The van der Waals surface area contributed by atoms with E-state index < -0.39 is 23.3 Å². The van der Waals surface area contributed by atoms with E-state index in [0.717, 1.165) is 4.57 Å². The van der Waals surface area contributed by atoms with Gasteiger partial charge in [0, 0.05) is 20.2 Å². The highest BCUT2D eigenvalue weighted by Gasteiger charge is 2.17. The first-order valence-corrected chi connectivity index (χ1v) is 6.70. The van der Waals surface area contributed by atoms with Gasteiger partial charge in [0.05, 0.1) is 0 Å². The third-order valence-electron chi connectivity index (χ3n) is 3.20. The molecule has 0 saturated heterocycles. The Bertz CT molecular complexity index is 793. The summed E-state index contributed by atoms with van der Waals surface area (Å²) in [5.41, 5.74) is -1.01. The van der Waals surface area contributed by atoms with Crippen molar-refractivity contribution in [3.63, 3.8) is 0 Å². The molecule has 1 heterocycles. The van der Waals surface area contributed by atoms with E-state index in [1.807, 2.05) is 6.07 Å². The van der Waals surface area contributed by atoms with E-state index >= 15 is 0 Å². The van der Waals surface area contributed by atoms with Gasteiger partial charge in [0.2, 0.25) is 0 Å². The van der Waals surface area contributed by atoms with Crippen molar-refractivity contribution in [3.8, 4) is 5.75 Å². The summed E-state index contributed by atoms with van der Waals surface area (Å²) in [7, 11) is 2.84. The van der Waals surface area contributed by atoms with Crippen LogP contribution in [0.1, 0.15) is 6.92 Å². The SMILES string of the molecule is CC(Oc1ccccc1)C(=O)Nc1cc(=O)n(C)c(=O)n1C. The second-order valence-corrected chi connectivity index (χ2v) is 4.83. The Morgan fingerprint density at radius 1 is 1.14 bits per heavy atom. The van der Waals surface area contributed by atoms with Crippen LogP contribution >= 0.6 is 0 Å². The van der Waals surface area contributed by atoms with Crippen molar-refractivity contribution < 1.29 is 9.53 Å². The molecule has 0 spiro atoms. The number of carbonyl (C=O) groups is 1. The summed E-state index contributed by atoms with van der Waals surface area (Å²) in [6.45, 7) is 1.58. The highest BCUT2D eigenvalue weighted by atomic mass is 16.5. The van der Waals surface area contributed by atoms with E-state index in [9.17, 15) is 14.4 Å². The van der Waals surface area contributed by atoms with Gasteiger partial charge in [-0.05, 0) is 19.1 Å². The van der Waals surface area contributed by atoms with E-state index in [1.165, 1.54) is 24.7 Å². The number of rotatable bonds is 4. The molecule has 0 aliphatic carbocycles. The van der Waals surface area contributed by atoms with Gasteiger partial charge in [-0.15, -0.1) is 0 Å². The fourth-order valence-corrected chi connectivity index (χ4v) is 1.84. The molecule has 0 fully saturated rings. The Morgan fingerprint density at radius 2 is 1.77 bits per heavy atom. The molecule has 0 radical (unpaired) electrons. The highest BCUT2D eigenvalue weighted by molar-refractivity contribution is 5.93. The van der Waals surface area contributed by atoms with Gasteiger partial charge in [-0.25, -0.2) is 4.79 Å². The number of nitrogens with zero attached hydrogens (tertiary/aromatic N) is 2. The fourth-order valence-electron chi connectivity index (χ4n) is 1.84. The molecule has 1 N–H and O–H groups in total. The van der Waals surface area contributed by atoms with Crippen molar-refractivity contribution in [2.24, 2.45) is 14.1 Å². The molecule has 0 aliphatic rings. The number of hydrogen-bond acceptors (Lipinski definition) is 4. The van der Waals surface area contributed by atoms with Crippen LogP contribution < -0.4 is 21.3 Å². The van der Waals surface area contributed by atoms with Crippen LogP contribution in [-0.2, 0) is 18.9 Å². The van der Waals surface area contributed by atoms with Crippen molar-refractivity contribution in [3.05, 3.63) is 57.2 Å². The number of anilines is 1. The summed E-state index contributed by atoms with van der Waals surface area (Å²) in [6, 6.07) is 10.1. The molecule has 1 atom stereocenters. The Hall–Kier alpha value is -2.83. The smallest absolute Gasteiger partial charge is 0.332 e. The van der Waals surface area contributed by atoms with E-state index in [-0.39, 0.29) is 5.82 Å². The minimum Gasteiger partial charge on any atom is -0.481 e. The second kappa shape index (κ2) is 6.30. The molecule has 1 aromatic carbocycles. The van der Waals surface area contributed by atoms with Gasteiger partial charge in [0.1, 0.15) is 11.6 Å². The van der Waals surface area contributed by atoms with Crippen molar-refractivity contribution in [2.75, 3.05) is 5.32 Å². The van der Waals surface area contributed by atoms with E-state index in [0.29, 0.717) is 5.75 Å². The third-order valence-corrected chi connectivity index (χ3v) is 3.20. The predicted octanol–water partition coefficient (Wildman–Crippen LogP) is 0.490. The molecule has 7 heteroatoms. The van der Waals surface area contributed by atoms with Gasteiger partial charge >= 0.3 is 5.69 Å². The fraction of sp³-hybridized carbons (Fsp3) is 0.267. The number of carbonyl (C=O) groups excluding carboxylic acids is 1. The van der Waals surface area contributed by atoms with Gasteiger partial charge in [-0.3, -0.25) is 18.7 Å². The van der Waals surface area contributed by atoms with Crippen molar-refractivity contribution in [1.82, 2.24) is 9.13 Å². The Balaban J connectivity index is 2.16. The first-order chi connectivity index (χ1) is 10.4. The summed E-state index contributed by atoms with van der Waals surface area (Å²) in [4.78, 5) is 35.5. The lowest BCUT2D eigenvalue weighted by Crippen LogP contribution is -2.39. The van der Waals surface area contributed by atoms with Crippen LogP contribution in [0.25, 0.3) is 0 Å². The lowest BCUT2D eigenvalue weighted by molar-refractivity contribution is -0.122. The number of nitrogens with one attached hydrogen (secondary N) is 1. The summed E-state index contributed by atoms with van der Waals surface area (Å²) >= 11 is 0.